The second kappa shape index (κ2) is 9.83. The van der Waals surface area contributed by atoms with E-state index in [4.69, 9.17) is 20.6 Å². The predicted octanol–water partition coefficient (Wildman–Crippen LogP) is 6.16. The molecule has 0 aliphatic carbocycles. The van der Waals surface area contributed by atoms with Crippen molar-refractivity contribution in [3.05, 3.63) is 35.5 Å². The fourth-order valence-electron chi connectivity index (χ4n) is 2.21. The van der Waals surface area contributed by atoms with Crippen LogP contribution in [-0.2, 0) is 13.6 Å². The third-order valence-corrected chi connectivity index (χ3v) is 5.56. The van der Waals surface area contributed by atoms with Gasteiger partial charge in [0.25, 0.3) is 0 Å². The monoisotopic (exact) mass is 415 g/mol. The molecule has 0 saturated heterocycles. The minimum atomic E-state index is -3.39. The Hall–Kier alpha value is -1.20. The fraction of sp³-hybridized carbons (Fsp3) is 0.579. The van der Waals surface area contributed by atoms with Crippen LogP contribution in [0.25, 0.3) is 6.08 Å². The zero-order valence-corrected chi connectivity index (χ0v) is 18.8. The van der Waals surface area contributed by atoms with Crippen molar-refractivity contribution in [3.63, 3.8) is 0 Å². The normalized spacial score (nSPS) is 14.1. The van der Waals surface area contributed by atoms with Gasteiger partial charge in [0.15, 0.2) is 0 Å². The summed E-state index contributed by atoms with van der Waals surface area (Å²) in [5, 5.41) is 3.47. The molecule has 152 valence electrons. The van der Waals surface area contributed by atoms with Crippen LogP contribution in [0.15, 0.2) is 24.7 Å². The summed E-state index contributed by atoms with van der Waals surface area (Å²) in [6.45, 7) is 17.2. The average molecular weight is 416 g/mol. The van der Waals surface area contributed by atoms with Gasteiger partial charge in [-0.15, -0.1) is 0 Å². The number of hydrogen-bond donors (Lipinski definition) is 1. The molecule has 0 aliphatic rings. The summed E-state index contributed by atoms with van der Waals surface area (Å²) in [7, 11) is -3.39. The molecule has 27 heavy (non-hydrogen) atoms. The second-order valence-electron chi connectivity index (χ2n) is 7.82. The van der Waals surface area contributed by atoms with Crippen molar-refractivity contribution in [3.8, 4) is 0 Å². The van der Waals surface area contributed by atoms with E-state index in [1.54, 1.807) is 18.3 Å². The fourth-order valence-corrected chi connectivity index (χ4v) is 4.09. The van der Waals surface area contributed by atoms with Crippen LogP contribution in [0.4, 0.5) is 5.82 Å². The molecule has 0 bridgehead atoms. The number of halogens is 1. The molecule has 1 rings (SSSR count). The summed E-state index contributed by atoms with van der Waals surface area (Å²) in [5.74, 6) is 2.07. The van der Waals surface area contributed by atoms with Gasteiger partial charge in [-0.1, -0.05) is 39.5 Å². The Morgan fingerprint density at radius 1 is 1.22 bits per heavy atom. The summed E-state index contributed by atoms with van der Waals surface area (Å²) >= 11 is 5.94. The Balaban J connectivity index is 3.21. The minimum Gasteiger partial charge on any atom is -0.363 e. The van der Waals surface area contributed by atoms with Gasteiger partial charge in [0.1, 0.15) is 5.82 Å². The molecular formula is C19H31ClN3O3P. The summed E-state index contributed by atoms with van der Waals surface area (Å²) < 4.78 is 24.2. The van der Waals surface area contributed by atoms with E-state index in [1.165, 1.54) is 5.82 Å². The maximum Gasteiger partial charge on any atom is 0.354 e. The third kappa shape index (κ3) is 8.14. The first kappa shape index (κ1) is 23.8. The van der Waals surface area contributed by atoms with E-state index in [9.17, 15) is 4.57 Å². The molecule has 8 heteroatoms. The molecule has 1 heterocycles. The van der Waals surface area contributed by atoms with Crippen molar-refractivity contribution in [1.29, 1.82) is 0 Å². The standard InChI is InChI=1S/C19H31ClN3O3P/c1-9-15-12-21-18(20)23-17(15)22-16(19(6,7)8)10-11-27(24,25-13(2)3)26-14(4)5/h9-14,16H,1H2,2-8H3,(H,21,22,23)/b11-10+. The van der Waals surface area contributed by atoms with Gasteiger partial charge in [0.05, 0.1) is 18.2 Å². The Morgan fingerprint density at radius 2 is 1.78 bits per heavy atom. The molecule has 1 N–H and O–H groups in total. The number of anilines is 1. The van der Waals surface area contributed by atoms with Gasteiger partial charge in [-0.25, -0.2) is 9.97 Å². The lowest BCUT2D eigenvalue weighted by Crippen LogP contribution is -2.32. The highest BCUT2D eigenvalue weighted by Gasteiger charge is 2.28. The highest BCUT2D eigenvalue weighted by atomic mass is 35.5. The van der Waals surface area contributed by atoms with Gasteiger partial charge in [-0.2, -0.15) is 0 Å². The predicted molar refractivity (Wildman–Crippen MR) is 113 cm³/mol. The highest BCUT2D eigenvalue weighted by molar-refractivity contribution is 7.57. The largest absolute Gasteiger partial charge is 0.363 e. The van der Waals surface area contributed by atoms with Crippen LogP contribution in [0, 0.1) is 5.41 Å². The van der Waals surface area contributed by atoms with Crippen molar-refractivity contribution in [2.45, 2.75) is 66.7 Å². The van der Waals surface area contributed by atoms with E-state index < -0.39 is 7.60 Å². The van der Waals surface area contributed by atoms with Crippen LogP contribution in [0.5, 0.6) is 0 Å². The van der Waals surface area contributed by atoms with E-state index in [1.807, 2.05) is 27.7 Å². The zero-order chi connectivity index (χ0) is 20.8. The number of rotatable bonds is 9. The SMILES string of the molecule is C=Cc1cnc(Cl)nc1NC(/C=C/P(=O)(OC(C)C)OC(C)C)C(C)(C)C. The van der Waals surface area contributed by atoms with Crippen molar-refractivity contribution in [2.75, 3.05) is 5.32 Å². The number of nitrogens with zero attached hydrogens (tertiary/aromatic N) is 2. The maximum atomic E-state index is 13.1. The Labute approximate surface area is 168 Å². The van der Waals surface area contributed by atoms with Crippen LogP contribution in [0.3, 0.4) is 0 Å². The minimum absolute atomic E-state index is 0.136. The summed E-state index contributed by atoms with van der Waals surface area (Å²) in [4.78, 5) is 8.22. The average Bonchev–Trinajstić information content (AvgIpc) is 2.48. The van der Waals surface area contributed by atoms with Gasteiger partial charge in [0, 0.05) is 17.6 Å². The molecule has 0 amide bonds. The van der Waals surface area contributed by atoms with Crippen LogP contribution >= 0.6 is 19.2 Å². The van der Waals surface area contributed by atoms with Gasteiger partial charge < -0.3 is 14.4 Å². The lowest BCUT2D eigenvalue weighted by molar-refractivity contribution is 0.149. The molecule has 0 saturated carbocycles. The molecule has 6 nitrogen and oxygen atoms in total. The first-order valence-electron chi connectivity index (χ1n) is 8.93. The molecule has 0 spiro atoms. The molecule has 1 atom stereocenters. The molecule has 0 fully saturated rings. The molecule has 0 aliphatic heterocycles. The molecule has 1 aromatic rings. The van der Waals surface area contributed by atoms with Crippen molar-refractivity contribution in [1.82, 2.24) is 9.97 Å². The zero-order valence-electron chi connectivity index (χ0n) is 17.2. The van der Waals surface area contributed by atoms with Crippen LogP contribution in [-0.4, -0.2) is 28.2 Å². The topological polar surface area (TPSA) is 73.3 Å². The molecule has 1 unspecified atom stereocenters. The smallest absolute Gasteiger partial charge is 0.354 e. The number of hydrogen-bond acceptors (Lipinski definition) is 6. The third-order valence-electron chi connectivity index (χ3n) is 3.41. The summed E-state index contributed by atoms with van der Waals surface area (Å²) in [5.41, 5.74) is 0.509. The van der Waals surface area contributed by atoms with Crippen molar-refractivity contribution in [2.24, 2.45) is 5.41 Å². The van der Waals surface area contributed by atoms with E-state index in [0.29, 0.717) is 5.82 Å². The molecule has 1 aromatic heterocycles. The first-order chi connectivity index (χ1) is 12.4. The number of nitrogens with one attached hydrogen (secondary N) is 1. The van der Waals surface area contributed by atoms with Gasteiger partial charge in [0.2, 0.25) is 5.28 Å². The second-order valence-corrected chi connectivity index (χ2v) is 9.96. The van der Waals surface area contributed by atoms with E-state index in [0.717, 1.165) is 5.56 Å². The van der Waals surface area contributed by atoms with Gasteiger partial charge in [-0.3, -0.25) is 4.57 Å². The Morgan fingerprint density at radius 3 is 2.22 bits per heavy atom. The molecule has 0 radical (unpaired) electrons. The van der Waals surface area contributed by atoms with E-state index >= 15 is 0 Å². The van der Waals surface area contributed by atoms with Gasteiger partial charge >= 0.3 is 7.60 Å². The molecular weight excluding hydrogens is 385 g/mol. The molecule has 0 aromatic carbocycles. The Kier molecular flexibility index (Phi) is 8.68. The summed E-state index contributed by atoms with van der Waals surface area (Å²) in [6, 6.07) is -0.220. The lowest BCUT2D eigenvalue weighted by Gasteiger charge is -2.30. The lowest BCUT2D eigenvalue weighted by atomic mass is 9.87. The number of aromatic nitrogens is 2. The van der Waals surface area contributed by atoms with Crippen molar-refractivity contribution < 1.29 is 13.6 Å². The Bertz CT molecular complexity index is 701. The van der Waals surface area contributed by atoms with Crippen LogP contribution in [0.2, 0.25) is 5.28 Å². The van der Waals surface area contributed by atoms with Crippen LogP contribution < -0.4 is 5.32 Å². The first-order valence-corrected chi connectivity index (χ1v) is 10.9. The van der Waals surface area contributed by atoms with E-state index in [-0.39, 0.29) is 28.9 Å². The van der Waals surface area contributed by atoms with E-state index in [2.05, 4.69) is 42.6 Å². The van der Waals surface area contributed by atoms with Crippen molar-refractivity contribution >= 4 is 31.1 Å². The summed E-state index contributed by atoms with van der Waals surface area (Å²) in [6.07, 6.45) is 4.59. The quantitative estimate of drug-likeness (QED) is 0.384. The maximum absolute atomic E-state index is 13.1. The highest BCUT2D eigenvalue weighted by Crippen LogP contribution is 2.52. The van der Waals surface area contributed by atoms with Gasteiger partial charge in [-0.05, 0) is 44.7 Å². The van der Waals surface area contributed by atoms with Crippen LogP contribution in [0.1, 0.15) is 54.0 Å².